The van der Waals surface area contributed by atoms with Gasteiger partial charge in [0, 0.05) is 14.9 Å². The quantitative estimate of drug-likeness (QED) is 0.490. The Morgan fingerprint density at radius 2 is 2.00 bits per heavy atom. The van der Waals surface area contributed by atoms with Gasteiger partial charge in [-0.3, -0.25) is 4.79 Å². The van der Waals surface area contributed by atoms with Crippen LogP contribution in [0.3, 0.4) is 0 Å². The summed E-state index contributed by atoms with van der Waals surface area (Å²) in [5, 5.41) is 2.66. The minimum Gasteiger partial charge on any atom is -0.354 e. The van der Waals surface area contributed by atoms with Crippen LogP contribution in [0.4, 0.5) is 0 Å². The first-order valence-corrected chi connectivity index (χ1v) is 7.48. The third-order valence-corrected chi connectivity index (χ3v) is 3.64. The van der Waals surface area contributed by atoms with Crippen LogP contribution in [0, 0.1) is 0 Å². The maximum absolute atomic E-state index is 10.9. The Morgan fingerprint density at radius 3 is 2.46 bits per heavy atom. The van der Waals surface area contributed by atoms with Crippen molar-refractivity contribution in [3.63, 3.8) is 0 Å². The van der Waals surface area contributed by atoms with Crippen LogP contribution in [0.2, 0.25) is 0 Å². The fraction of sp³-hybridized carbons (Fsp3) is 0.857. The number of carbonyl (C=O) groups excluding carboxylic acids is 1. The number of amides is 1. The van der Waals surface area contributed by atoms with Crippen molar-refractivity contribution in [1.29, 1.82) is 0 Å². The van der Waals surface area contributed by atoms with Crippen LogP contribution >= 0.6 is 68.4 Å². The standard InChI is InChI=1S/C7H11Cl2I2NO/c8-6(9)7(13)12-4-2-5(11)1-3-10/h5-6H,1-4H2,(H,12,13). The van der Waals surface area contributed by atoms with Gasteiger partial charge in [-0.1, -0.05) is 68.4 Å². The average Bonchev–Trinajstić information content (AvgIpc) is 2.04. The molecule has 0 bridgehead atoms. The smallest absolute Gasteiger partial charge is 0.253 e. The van der Waals surface area contributed by atoms with Crippen LogP contribution in [0.5, 0.6) is 0 Å². The third-order valence-electron chi connectivity index (χ3n) is 1.38. The zero-order chi connectivity index (χ0) is 10.3. The molecule has 0 aromatic rings. The third kappa shape index (κ3) is 8.50. The summed E-state index contributed by atoms with van der Waals surface area (Å²) < 4.78 is 1.76. The minimum atomic E-state index is -0.947. The fourth-order valence-corrected chi connectivity index (χ4v) is 3.41. The van der Waals surface area contributed by atoms with Crippen molar-refractivity contribution in [2.45, 2.75) is 21.6 Å². The summed E-state index contributed by atoms with van der Waals surface area (Å²) in [5.41, 5.74) is 0. The highest BCUT2D eigenvalue weighted by molar-refractivity contribution is 14.1. The molecule has 0 aromatic heterocycles. The molecule has 0 radical (unpaired) electrons. The van der Waals surface area contributed by atoms with E-state index in [1.807, 2.05) is 0 Å². The molecule has 1 N–H and O–H groups in total. The SMILES string of the molecule is O=C(NCCC(I)CCI)C(Cl)Cl. The molecule has 0 saturated carbocycles. The zero-order valence-electron chi connectivity index (χ0n) is 6.90. The van der Waals surface area contributed by atoms with E-state index in [4.69, 9.17) is 23.2 Å². The molecule has 0 saturated heterocycles. The van der Waals surface area contributed by atoms with E-state index < -0.39 is 4.84 Å². The van der Waals surface area contributed by atoms with Gasteiger partial charge >= 0.3 is 0 Å². The Labute approximate surface area is 116 Å². The van der Waals surface area contributed by atoms with Crippen LogP contribution < -0.4 is 5.32 Å². The largest absolute Gasteiger partial charge is 0.354 e. The van der Waals surface area contributed by atoms with Crippen LogP contribution in [0.1, 0.15) is 12.8 Å². The van der Waals surface area contributed by atoms with Gasteiger partial charge in [-0.15, -0.1) is 0 Å². The normalized spacial score (nSPS) is 13.0. The maximum Gasteiger partial charge on any atom is 0.253 e. The number of rotatable bonds is 6. The molecule has 0 aliphatic rings. The number of carbonyl (C=O) groups is 1. The van der Waals surface area contributed by atoms with Gasteiger partial charge in [-0.2, -0.15) is 0 Å². The van der Waals surface area contributed by atoms with Gasteiger partial charge in [0.1, 0.15) is 0 Å². The Bertz CT molecular complexity index is 157. The molecule has 0 aliphatic carbocycles. The fourth-order valence-electron chi connectivity index (χ4n) is 0.692. The van der Waals surface area contributed by atoms with Gasteiger partial charge < -0.3 is 5.32 Å². The molecule has 13 heavy (non-hydrogen) atoms. The Hall–Kier alpha value is 1.51. The molecule has 0 fully saturated rings. The molecular formula is C7H11Cl2I2NO. The van der Waals surface area contributed by atoms with Crippen molar-refractivity contribution in [2.75, 3.05) is 11.0 Å². The summed E-state index contributed by atoms with van der Waals surface area (Å²) in [6.07, 6.45) is 2.14. The van der Waals surface area contributed by atoms with Crippen molar-refractivity contribution in [3.8, 4) is 0 Å². The molecule has 6 heteroatoms. The maximum atomic E-state index is 10.9. The number of alkyl halides is 4. The highest BCUT2D eigenvalue weighted by atomic mass is 127. The number of hydrogen-bond acceptors (Lipinski definition) is 1. The van der Waals surface area contributed by atoms with E-state index in [-0.39, 0.29) is 5.91 Å². The lowest BCUT2D eigenvalue weighted by Gasteiger charge is -2.09. The van der Waals surface area contributed by atoms with Gasteiger partial charge in [0.15, 0.2) is 4.84 Å². The highest BCUT2D eigenvalue weighted by Crippen LogP contribution is 2.11. The van der Waals surface area contributed by atoms with Crippen LogP contribution in [-0.2, 0) is 4.79 Å². The Morgan fingerprint density at radius 1 is 1.38 bits per heavy atom. The first-order chi connectivity index (χ1) is 6.07. The molecule has 0 rings (SSSR count). The predicted molar refractivity (Wildman–Crippen MR) is 74.4 cm³/mol. The van der Waals surface area contributed by atoms with Crippen molar-refractivity contribution in [3.05, 3.63) is 0 Å². The van der Waals surface area contributed by atoms with E-state index in [0.717, 1.165) is 10.8 Å². The number of halogens is 4. The summed E-state index contributed by atoms with van der Waals surface area (Å²) in [6.45, 7) is 0.652. The van der Waals surface area contributed by atoms with Crippen LogP contribution in [-0.4, -0.2) is 25.6 Å². The first kappa shape index (κ1) is 14.5. The van der Waals surface area contributed by atoms with Crippen molar-refractivity contribution < 1.29 is 4.79 Å². The highest BCUT2D eigenvalue weighted by Gasteiger charge is 2.10. The Balaban J connectivity index is 3.39. The van der Waals surface area contributed by atoms with Crippen LogP contribution in [0.15, 0.2) is 0 Å². The first-order valence-electron chi connectivity index (χ1n) is 3.83. The van der Waals surface area contributed by atoms with Crippen molar-refractivity contribution in [2.24, 2.45) is 0 Å². The molecule has 1 amide bonds. The van der Waals surface area contributed by atoms with E-state index in [2.05, 4.69) is 50.5 Å². The van der Waals surface area contributed by atoms with Gasteiger partial charge in [0.25, 0.3) is 5.91 Å². The van der Waals surface area contributed by atoms with E-state index in [1.165, 1.54) is 6.42 Å². The van der Waals surface area contributed by atoms with Gasteiger partial charge in [-0.25, -0.2) is 0 Å². The summed E-state index contributed by atoms with van der Waals surface area (Å²) >= 11 is 15.4. The summed E-state index contributed by atoms with van der Waals surface area (Å²) in [7, 11) is 0. The van der Waals surface area contributed by atoms with Crippen molar-refractivity contribution >= 4 is 74.3 Å². The second kappa shape index (κ2) is 8.79. The molecule has 0 heterocycles. The van der Waals surface area contributed by atoms with E-state index in [9.17, 15) is 4.79 Å². The summed E-state index contributed by atoms with van der Waals surface area (Å²) in [4.78, 5) is 9.96. The topological polar surface area (TPSA) is 29.1 Å². The molecule has 0 spiro atoms. The van der Waals surface area contributed by atoms with E-state index in [0.29, 0.717) is 10.5 Å². The molecular weight excluding hydrogens is 439 g/mol. The Kier molecular flexibility index (Phi) is 9.81. The average molecular weight is 450 g/mol. The molecule has 2 nitrogen and oxygen atoms in total. The lowest BCUT2D eigenvalue weighted by Crippen LogP contribution is -2.30. The molecule has 0 aliphatic heterocycles. The second-order valence-electron chi connectivity index (χ2n) is 2.46. The molecule has 1 atom stereocenters. The van der Waals surface area contributed by atoms with Gasteiger partial charge in [0.2, 0.25) is 0 Å². The van der Waals surface area contributed by atoms with Crippen LogP contribution in [0.25, 0.3) is 0 Å². The predicted octanol–water partition coefficient (Wildman–Crippen LogP) is 2.93. The minimum absolute atomic E-state index is 0.304. The van der Waals surface area contributed by atoms with Gasteiger partial charge in [0.05, 0.1) is 0 Å². The molecule has 1 unspecified atom stereocenters. The van der Waals surface area contributed by atoms with E-state index in [1.54, 1.807) is 0 Å². The van der Waals surface area contributed by atoms with E-state index >= 15 is 0 Å². The number of hydrogen-bond donors (Lipinski definition) is 1. The molecule has 78 valence electrons. The lowest BCUT2D eigenvalue weighted by molar-refractivity contribution is -0.119. The lowest BCUT2D eigenvalue weighted by atomic mass is 10.2. The molecule has 0 aromatic carbocycles. The monoisotopic (exact) mass is 449 g/mol. The number of nitrogens with one attached hydrogen (secondary N) is 1. The summed E-state index contributed by atoms with van der Waals surface area (Å²) in [5.74, 6) is -0.304. The zero-order valence-corrected chi connectivity index (χ0v) is 12.7. The summed E-state index contributed by atoms with van der Waals surface area (Å²) in [6, 6.07) is 0. The van der Waals surface area contributed by atoms with Crippen molar-refractivity contribution in [1.82, 2.24) is 5.32 Å². The van der Waals surface area contributed by atoms with Gasteiger partial charge in [-0.05, 0) is 12.8 Å². The second-order valence-corrected chi connectivity index (χ2v) is 6.39.